The zero-order valence-corrected chi connectivity index (χ0v) is 14.4. The summed E-state index contributed by atoms with van der Waals surface area (Å²) in [6, 6.07) is 2.11. The van der Waals surface area contributed by atoms with Crippen molar-refractivity contribution in [3.63, 3.8) is 0 Å². The third-order valence-corrected chi connectivity index (χ3v) is 4.19. The van der Waals surface area contributed by atoms with E-state index < -0.39 is 10.0 Å². The third kappa shape index (κ3) is 8.03. The first kappa shape index (κ1) is 17.9. The molecule has 0 bridgehead atoms. The maximum Gasteiger partial charge on any atom is 0.208 e. The van der Waals surface area contributed by atoms with E-state index in [0.29, 0.717) is 31.5 Å². The summed E-state index contributed by atoms with van der Waals surface area (Å²) in [5.74, 6) is 1.07. The summed E-state index contributed by atoms with van der Waals surface area (Å²) in [5.41, 5.74) is 1.29. The van der Waals surface area contributed by atoms with Crippen molar-refractivity contribution >= 4 is 27.3 Å². The van der Waals surface area contributed by atoms with Crippen LogP contribution in [0.1, 0.15) is 25.3 Å². The lowest BCUT2D eigenvalue weighted by Crippen LogP contribution is -2.41. The quantitative estimate of drug-likeness (QED) is 0.376. The molecule has 0 aliphatic carbocycles. The minimum absolute atomic E-state index is 0.337. The van der Waals surface area contributed by atoms with Gasteiger partial charge in [-0.25, -0.2) is 13.1 Å². The smallest absolute Gasteiger partial charge is 0.208 e. The second kappa shape index (κ2) is 9.01. The largest absolute Gasteiger partial charge is 0.357 e. The van der Waals surface area contributed by atoms with Gasteiger partial charge in [-0.3, -0.25) is 4.99 Å². The van der Waals surface area contributed by atoms with Crippen molar-refractivity contribution in [2.75, 3.05) is 32.4 Å². The molecule has 1 rings (SSSR count). The van der Waals surface area contributed by atoms with Crippen LogP contribution in [0.25, 0.3) is 0 Å². The fourth-order valence-electron chi connectivity index (χ4n) is 1.65. The predicted molar refractivity (Wildman–Crippen MR) is 89.6 cm³/mol. The van der Waals surface area contributed by atoms with Crippen molar-refractivity contribution < 1.29 is 8.42 Å². The van der Waals surface area contributed by atoms with Crippen molar-refractivity contribution in [3.8, 4) is 0 Å². The van der Waals surface area contributed by atoms with Crippen LogP contribution in [-0.2, 0) is 10.0 Å². The van der Waals surface area contributed by atoms with E-state index in [0.717, 1.165) is 12.8 Å². The number of rotatable bonds is 8. The van der Waals surface area contributed by atoms with E-state index in [2.05, 4.69) is 44.1 Å². The van der Waals surface area contributed by atoms with E-state index in [1.807, 2.05) is 6.92 Å². The summed E-state index contributed by atoms with van der Waals surface area (Å²) in [7, 11) is -3.14. The number of sulfonamides is 1. The Morgan fingerprint density at radius 3 is 2.71 bits per heavy atom. The topological polar surface area (TPSA) is 82.6 Å². The van der Waals surface area contributed by atoms with Gasteiger partial charge in [0.15, 0.2) is 5.96 Å². The Kier molecular flexibility index (Phi) is 7.69. The first-order valence-corrected chi connectivity index (χ1v) is 9.74. The van der Waals surface area contributed by atoms with Gasteiger partial charge in [-0.1, -0.05) is 6.92 Å². The molecule has 0 saturated heterocycles. The van der Waals surface area contributed by atoms with Crippen LogP contribution in [0.3, 0.4) is 0 Å². The van der Waals surface area contributed by atoms with E-state index in [1.165, 1.54) is 5.56 Å². The fraction of sp³-hybridized carbons (Fsp3) is 0.615. The lowest BCUT2D eigenvalue weighted by molar-refractivity contribution is 0.586. The molecule has 1 heterocycles. The van der Waals surface area contributed by atoms with Crippen molar-refractivity contribution in [1.29, 1.82) is 0 Å². The highest BCUT2D eigenvalue weighted by Crippen LogP contribution is 2.18. The second-order valence-corrected chi connectivity index (χ2v) is 7.38. The zero-order chi connectivity index (χ0) is 15.7. The Balaban J connectivity index is 2.42. The highest BCUT2D eigenvalue weighted by Gasteiger charge is 2.06. The molecule has 8 heteroatoms. The molecule has 1 aromatic heterocycles. The number of guanidine groups is 1. The molecular weight excluding hydrogens is 308 g/mol. The van der Waals surface area contributed by atoms with Gasteiger partial charge >= 0.3 is 0 Å². The number of hydrogen-bond donors (Lipinski definition) is 3. The first-order valence-electron chi connectivity index (χ1n) is 6.91. The van der Waals surface area contributed by atoms with Crippen LogP contribution in [0.2, 0.25) is 0 Å². The van der Waals surface area contributed by atoms with Crippen LogP contribution in [0.15, 0.2) is 21.8 Å². The van der Waals surface area contributed by atoms with Gasteiger partial charge in [-0.15, -0.1) is 0 Å². The van der Waals surface area contributed by atoms with Crippen LogP contribution in [0, 0.1) is 0 Å². The zero-order valence-electron chi connectivity index (χ0n) is 12.7. The average molecular weight is 332 g/mol. The van der Waals surface area contributed by atoms with Crippen molar-refractivity contribution in [1.82, 2.24) is 15.4 Å². The second-order valence-electron chi connectivity index (χ2n) is 4.77. The van der Waals surface area contributed by atoms with Crippen molar-refractivity contribution in [3.05, 3.63) is 22.4 Å². The predicted octanol–water partition coefficient (Wildman–Crippen LogP) is 0.956. The lowest BCUT2D eigenvalue weighted by atomic mass is 10.1. The molecule has 120 valence electrons. The SMILES string of the molecule is CCNC(=NCC(C)c1ccsc1)NCCNS(C)(=O)=O. The molecule has 0 spiro atoms. The molecule has 0 aliphatic rings. The van der Waals surface area contributed by atoms with Crippen LogP contribution >= 0.6 is 11.3 Å². The van der Waals surface area contributed by atoms with Crippen molar-refractivity contribution in [2.45, 2.75) is 19.8 Å². The minimum Gasteiger partial charge on any atom is -0.357 e. The normalized spacial score (nSPS) is 14.0. The summed E-state index contributed by atoms with van der Waals surface area (Å²) in [5, 5.41) is 10.5. The summed E-state index contributed by atoms with van der Waals surface area (Å²) in [6.07, 6.45) is 1.15. The first-order chi connectivity index (χ1) is 9.92. The number of nitrogens with one attached hydrogen (secondary N) is 3. The lowest BCUT2D eigenvalue weighted by Gasteiger charge is -2.13. The van der Waals surface area contributed by atoms with E-state index in [4.69, 9.17) is 0 Å². The highest BCUT2D eigenvalue weighted by atomic mass is 32.2. The maximum absolute atomic E-state index is 11.0. The maximum atomic E-state index is 11.0. The monoisotopic (exact) mass is 332 g/mol. The number of aliphatic imine (C=N–C) groups is 1. The number of nitrogens with zero attached hydrogens (tertiary/aromatic N) is 1. The van der Waals surface area contributed by atoms with Crippen LogP contribution in [-0.4, -0.2) is 46.8 Å². The molecule has 1 atom stereocenters. The summed E-state index contributed by atoms with van der Waals surface area (Å²) in [4.78, 5) is 4.53. The molecule has 3 N–H and O–H groups in total. The Hall–Kier alpha value is -1.12. The van der Waals surface area contributed by atoms with Gasteiger partial charge in [0.05, 0.1) is 6.26 Å². The Morgan fingerprint density at radius 1 is 1.38 bits per heavy atom. The number of thiophene rings is 1. The fourth-order valence-corrected chi connectivity index (χ4v) is 2.90. The molecule has 21 heavy (non-hydrogen) atoms. The Bertz CT molecular complexity index is 526. The Morgan fingerprint density at radius 2 is 2.14 bits per heavy atom. The molecule has 0 amide bonds. The van der Waals surface area contributed by atoms with Crippen LogP contribution in [0.5, 0.6) is 0 Å². The van der Waals surface area contributed by atoms with Crippen LogP contribution < -0.4 is 15.4 Å². The summed E-state index contributed by atoms with van der Waals surface area (Å²) in [6.45, 7) is 6.41. The van der Waals surface area contributed by atoms with Crippen molar-refractivity contribution in [2.24, 2.45) is 4.99 Å². The molecule has 0 saturated carbocycles. The van der Waals surface area contributed by atoms with E-state index in [9.17, 15) is 8.42 Å². The Labute approximate surface area is 131 Å². The molecule has 0 radical (unpaired) electrons. The molecule has 0 aliphatic heterocycles. The van der Waals surface area contributed by atoms with Gasteiger partial charge in [0.25, 0.3) is 0 Å². The van der Waals surface area contributed by atoms with Gasteiger partial charge in [0.2, 0.25) is 10.0 Å². The van der Waals surface area contributed by atoms with E-state index in [-0.39, 0.29) is 0 Å². The molecular formula is C13H24N4O2S2. The van der Waals surface area contributed by atoms with E-state index >= 15 is 0 Å². The summed E-state index contributed by atoms with van der Waals surface area (Å²) < 4.78 is 24.4. The highest BCUT2D eigenvalue weighted by molar-refractivity contribution is 7.88. The standard InChI is InChI=1S/C13H24N4O2S2/c1-4-14-13(15-6-7-17-21(3,18)19)16-9-11(2)12-5-8-20-10-12/h5,8,10-11,17H,4,6-7,9H2,1-3H3,(H2,14,15,16). The molecule has 6 nitrogen and oxygen atoms in total. The molecule has 0 fully saturated rings. The molecule has 1 aromatic rings. The van der Waals surface area contributed by atoms with Gasteiger partial charge < -0.3 is 10.6 Å². The average Bonchev–Trinajstić information content (AvgIpc) is 2.93. The summed E-state index contributed by atoms with van der Waals surface area (Å²) >= 11 is 1.69. The number of hydrogen-bond acceptors (Lipinski definition) is 4. The minimum atomic E-state index is -3.14. The van der Waals surface area contributed by atoms with Gasteiger partial charge in [-0.2, -0.15) is 11.3 Å². The van der Waals surface area contributed by atoms with E-state index in [1.54, 1.807) is 11.3 Å². The molecule has 1 unspecified atom stereocenters. The van der Waals surface area contributed by atoms with Crippen LogP contribution in [0.4, 0.5) is 0 Å². The third-order valence-electron chi connectivity index (χ3n) is 2.76. The van der Waals surface area contributed by atoms with Gasteiger partial charge in [0, 0.05) is 32.1 Å². The van der Waals surface area contributed by atoms with Gasteiger partial charge in [-0.05, 0) is 29.3 Å². The molecule has 0 aromatic carbocycles. The van der Waals surface area contributed by atoms with Gasteiger partial charge in [0.1, 0.15) is 0 Å².